The van der Waals surface area contributed by atoms with Crippen LogP contribution in [0.25, 0.3) is 0 Å². The summed E-state index contributed by atoms with van der Waals surface area (Å²) in [7, 11) is 0. The largest absolute Gasteiger partial charge is 0.481 e. The van der Waals surface area contributed by atoms with Gasteiger partial charge in [0.1, 0.15) is 0 Å². The maximum absolute atomic E-state index is 12.1. The molecule has 0 aromatic heterocycles. The van der Waals surface area contributed by atoms with Crippen molar-refractivity contribution in [1.82, 2.24) is 4.90 Å². The highest BCUT2D eigenvalue weighted by atomic mass is 16.4. The Hall–Kier alpha value is -1.84. The third-order valence-electron chi connectivity index (χ3n) is 4.21. The standard InChI is InChI=1S/C16H21NO3/c1-11-10-14(18)17(12(2)15(11)16(19)20)9-8-13-6-4-3-5-7-13/h3-7,11-12,15H,8-10H2,1-2H3,(H,19,20). The van der Waals surface area contributed by atoms with E-state index in [1.54, 1.807) is 4.90 Å². The van der Waals surface area contributed by atoms with E-state index < -0.39 is 11.9 Å². The number of carbonyl (C=O) groups excluding carboxylic acids is 1. The minimum Gasteiger partial charge on any atom is -0.481 e. The van der Waals surface area contributed by atoms with Crippen LogP contribution in [0.5, 0.6) is 0 Å². The zero-order valence-electron chi connectivity index (χ0n) is 12.0. The van der Waals surface area contributed by atoms with Crippen LogP contribution in [0.15, 0.2) is 30.3 Å². The molecule has 3 unspecified atom stereocenters. The molecule has 4 nitrogen and oxygen atoms in total. The van der Waals surface area contributed by atoms with Crippen molar-refractivity contribution in [3.63, 3.8) is 0 Å². The van der Waals surface area contributed by atoms with Gasteiger partial charge < -0.3 is 10.0 Å². The molecule has 0 saturated carbocycles. The highest BCUT2D eigenvalue weighted by Crippen LogP contribution is 2.30. The Morgan fingerprint density at radius 2 is 1.95 bits per heavy atom. The van der Waals surface area contributed by atoms with E-state index in [1.807, 2.05) is 44.2 Å². The van der Waals surface area contributed by atoms with Crippen molar-refractivity contribution in [2.24, 2.45) is 11.8 Å². The zero-order valence-corrected chi connectivity index (χ0v) is 12.0. The van der Waals surface area contributed by atoms with E-state index in [9.17, 15) is 14.7 Å². The first kappa shape index (κ1) is 14.6. The van der Waals surface area contributed by atoms with Gasteiger partial charge in [-0.2, -0.15) is 0 Å². The maximum Gasteiger partial charge on any atom is 0.308 e. The van der Waals surface area contributed by atoms with Gasteiger partial charge in [0.15, 0.2) is 0 Å². The van der Waals surface area contributed by atoms with Crippen LogP contribution in [0.2, 0.25) is 0 Å². The minimum atomic E-state index is -0.804. The SMILES string of the molecule is CC1CC(=O)N(CCc2ccccc2)C(C)C1C(=O)O. The second kappa shape index (κ2) is 6.07. The van der Waals surface area contributed by atoms with E-state index in [0.29, 0.717) is 13.0 Å². The van der Waals surface area contributed by atoms with Crippen LogP contribution in [-0.2, 0) is 16.0 Å². The maximum atomic E-state index is 12.1. The fourth-order valence-electron chi connectivity index (χ4n) is 3.09. The van der Waals surface area contributed by atoms with E-state index in [1.165, 1.54) is 0 Å². The fraction of sp³-hybridized carbons (Fsp3) is 0.500. The molecule has 0 radical (unpaired) electrons. The molecule has 2 rings (SSSR count). The van der Waals surface area contributed by atoms with Gasteiger partial charge >= 0.3 is 5.97 Å². The van der Waals surface area contributed by atoms with Crippen molar-refractivity contribution in [2.45, 2.75) is 32.7 Å². The van der Waals surface area contributed by atoms with Gasteiger partial charge in [0.05, 0.1) is 5.92 Å². The normalized spacial score (nSPS) is 26.6. The van der Waals surface area contributed by atoms with E-state index in [4.69, 9.17) is 0 Å². The summed E-state index contributed by atoms with van der Waals surface area (Å²) >= 11 is 0. The number of piperidine rings is 1. The summed E-state index contributed by atoms with van der Waals surface area (Å²) in [5.41, 5.74) is 1.16. The second-order valence-corrected chi connectivity index (χ2v) is 5.61. The Balaban J connectivity index is 2.06. The number of carbonyl (C=O) groups is 2. The second-order valence-electron chi connectivity index (χ2n) is 5.61. The lowest BCUT2D eigenvalue weighted by molar-refractivity contribution is -0.154. The smallest absolute Gasteiger partial charge is 0.308 e. The van der Waals surface area contributed by atoms with Gasteiger partial charge in [-0.05, 0) is 24.8 Å². The van der Waals surface area contributed by atoms with Crippen molar-refractivity contribution in [3.05, 3.63) is 35.9 Å². The van der Waals surface area contributed by atoms with Crippen LogP contribution >= 0.6 is 0 Å². The molecule has 1 aromatic carbocycles. The van der Waals surface area contributed by atoms with E-state index in [-0.39, 0.29) is 17.9 Å². The Kier molecular flexibility index (Phi) is 4.42. The molecule has 1 N–H and O–H groups in total. The van der Waals surface area contributed by atoms with Gasteiger partial charge in [0.2, 0.25) is 5.91 Å². The number of aliphatic carboxylic acids is 1. The minimum absolute atomic E-state index is 0.0680. The van der Waals surface area contributed by atoms with Crippen LogP contribution in [0.1, 0.15) is 25.8 Å². The van der Waals surface area contributed by atoms with Crippen molar-refractivity contribution in [3.8, 4) is 0 Å². The molecular weight excluding hydrogens is 254 g/mol. The molecule has 1 fully saturated rings. The summed E-state index contributed by atoms with van der Waals surface area (Å²) in [5, 5.41) is 9.33. The monoisotopic (exact) mass is 275 g/mol. The van der Waals surface area contributed by atoms with Gasteiger partial charge in [-0.1, -0.05) is 37.3 Å². The number of carboxylic acids is 1. The fourth-order valence-corrected chi connectivity index (χ4v) is 3.09. The molecule has 0 bridgehead atoms. The number of carboxylic acid groups (broad SMARTS) is 1. The Morgan fingerprint density at radius 1 is 1.30 bits per heavy atom. The lowest BCUT2D eigenvalue weighted by atomic mass is 9.81. The van der Waals surface area contributed by atoms with Gasteiger partial charge in [0, 0.05) is 19.0 Å². The molecule has 1 amide bonds. The topological polar surface area (TPSA) is 57.6 Å². The third kappa shape index (κ3) is 3.00. The van der Waals surface area contributed by atoms with Crippen LogP contribution < -0.4 is 0 Å². The number of likely N-dealkylation sites (tertiary alicyclic amines) is 1. The summed E-state index contributed by atoms with van der Waals surface area (Å²) < 4.78 is 0. The Bertz CT molecular complexity index is 486. The molecule has 1 aliphatic heterocycles. The van der Waals surface area contributed by atoms with Gasteiger partial charge in [-0.25, -0.2) is 0 Å². The molecule has 4 heteroatoms. The molecule has 0 aliphatic carbocycles. The quantitative estimate of drug-likeness (QED) is 0.916. The van der Waals surface area contributed by atoms with Crippen LogP contribution in [0.3, 0.4) is 0 Å². The molecule has 20 heavy (non-hydrogen) atoms. The molecule has 1 saturated heterocycles. The van der Waals surface area contributed by atoms with Crippen LogP contribution in [0, 0.1) is 11.8 Å². The lowest BCUT2D eigenvalue weighted by Crippen LogP contribution is -2.53. The molecule has 1 aliphatic rings. The van der Waals surface area contributed by atoms with Crippen molar-refractivity contribution in [2.75, 3.05) is 6.54 Å². The first-order valence-corrected chi connectivity index (χ1v) is 7.07. The van der Waals surface area contributed by atoms with Gasteiger partial charge in [-0.15, -0.1) is 0 Å². The Morgan fingerprint density at radius 3 is 2.55 bits per heavy atom. The van der Waals surface area contributed by atoms with Crippen LogP contribution in [-0.4, -0.2) is 34.5 Å². The van der Waals surface area contributed by atoms with Crippen molar-refractivity contribution in [1.29, 1.82) is 0 Å². The molecule has 3 atom stereocenters. The average molecular weight is 275 g/mol. The van der Waals surface area contributed by atoms with Crippen molar-refractivity contribution < 1.29 is 14.7 Å². The molecular formula is C16H21NO3. The third-order valence-corrected chi connectivity index (χ3v) is 4.21. The first-order chi connectivity index (χ1) is 9.50. The molecule has 0 spiro atoms. The number of amides is 1. The predicted octanol–water partition coefficient (Wildman–Crippen LogP) is 2.19. The molecule has 1 aromatic rings. The summed E-state index contributed by atoms with van der Waals surface area (Å²) in [6, 6.07) is 9.71. The zero-order chi connectivity index (χ0) is 14.7. The number of hydrogen-bond donors (Lipinski definition) is 1. The number of hydrogen-bond acceptors (Lipinski definition) is 2. The van der Waals surface area contributed by atoms with Gasteiger partial charge in [0.25, 0.3) is 0 Å². The summed E-state index contributed by atoms with van der Waals surface area (Å²) in [6.07, 6.45) is 1.09. The highest BCUT2D eigenvalue weighted by molar-refractivity contribution is 5.81. The number of benzene rings is 1. The van der Waals surface area contributed by atoms with Crippen molar-refractivity contribution >= 4 is 11.9 Å². The Labute approximate surface area is 119 Å². The first-order valence-electron chi connectivity index (χ1n) is 7.07. The summed E-state index contributed by atoms with van der Waals surface area (Å²) in [6.45, 7) is 4.28. The summed E-state index contributed by atoms with van der Waals surface area (Å²) in [5.74, 6) is -1.30. The molecule has 1 heterocycles. The summed E-state index contributed by atoms with van der Waals surface area (Å²) in [4.78, 5) is 25.2. The highest BCUT2D eigenvalue weighted by Gasteiger charge is 2.41. The van der Waals surface area contributed by atoms with Gasteiger partial charge in [-0.3, -0.25) is 9.59 Å². The number of nitrogens with zero attached hydrogens (tertiary/aromatic N) is 1. The predicted molar refractivity (Wildman–Crippen MR) is 76.2 cm³/mol. The van der Waals surface area contributed by atoms with E-state index in [2.05, 4.69) is 0 Å². The van der Waals surface area contributed by atoms with E-state index >= 15 is 0 Å². The number of rotatable bonds is 4. The van der Waals surface area contributed by atoms with Crippen LogP contribution in [0.4, 0.5) is 0 Å². The lowest BCUT2D eigenvalue weighted by Gasteiger charge is -2.40. The van der Waals surface area contributed by atoms with E-state index in [0.717, 1.165) is 12.0 Å². The average Bonchev–Trinajstić information content (AvgIpc) is 2.38. The molecule has 108 valence electrons.